The highest BCUT2D eigenvalue weighted by atomic mass is 79.9. The molecule has 0 amide bonds. The molecule has 0 saturated carbocycles. The maximum Gasteiger partial charge on any atom is 0.231 e. The van der Waals surface area contributed by atoms with Crippen molar-refractivity contribution in [1.29, 1.82) is 0 Å². The fourth-order valence-electron chi connectivity index (χ4n) is 3.82. The highest BCUT2D eigenvalue weighted by Crippen LogP contribution is 2.50. The Labute approximate surface area is 166 Å². The number of rotatable bonds is 4. The van der Waals surface area contributed by atoms with Gasteiger partial charge in [-0.1, -0.05) is 33.2 Å². The van der Waals surface area contributed by atoms with Gasteiger partial charge < -0.3 is 19.4 Å². The number of methoxy groups -OCH3 is 1. The molecule has 4 rings (SSSR count). The first-order valence-electron chi connectivity index (χ1n) is 8.78. The molecule has 0 bridgehead atoms. The van der Waals surface area contributed by atoms with Crippen LogP contribution in [0.3, 0.4) is 0 Å². The van der Waals surface area contributed by atoms with Gasteiger partial charge >= 0.3 is 0 Å². The third-order valence-electron chi connectivity index (χ3n) is 5.23. The monoisotopic (exact) mass is 432 g/mol. The molecule has 0 spiro atoms. The highest BCUT2D eigenvalue weighted by Gasteiger charge is 2.34. The normalized spacial score (nSPS) is 19.1. The minimum atomic E-state index is 0.00717. The summed E-state index contributed by atoms with van der Waals surface area (Å²) in [7, 11) is 3.73. The fourth-order valence-corrected chi connectivity index (χ4v) is 4.09. The summed E-state index contributed by atoms with van der Waals surface area (Å²) in [4.78, 5) is 2.26. The van der Waals surface area contributed by atoms with Crippen LogP contribution in [0.1, 0.15) is 29.2 Å². The van der Waals surface area contributed by atoms with E-state index < -0.39 is 0 Å². The first-order valence-corrected chi connectivity index (χ1v) is 9.58. The van der Waals surface area contributed by atoms with Crippen LogP contribution in [-0.4, -0.2) is 43.3 Å². The topological polar surface area (TPSA) is 63.5 Å². The van der Waals surface area contributed by atoms with E-state index in [-0.39, 0.29) is 12.8 Å². The second kappa shape index (κ2) is 7.40. The SMILES string of the molecule is COc1c2c(cc3c1C(C/C(=N/O)c1ccc(Br)cc1)N(C)CC3)OCO2. The minimum Gasteiger partial charge on any atom is -0.492 e. The average Bonchev–Trinajstić information content (AvgIpc) is 3.15. The number of benzene rings is 2. The lowest BCUT2D eigenvalue weighted by molar-refractivity contribution is 0.170. The summed E-state index contributed by atoms with van der Waals surface area (Å²) in [6.45, 7) is 1.11. The molecule has 2 aromatic carbocycles. The summed E-state index contributed by atoms with van der Waals surface area (Å²) in [5.41, 5.74) is 3.79. The largest absolute Gasteiger partial charge is 0.492 e. The third kappa shape index (κ3) is 3.26. The van der Waals surface area contributed by atoms with Gasteiger partial charge in [0.1, 0.15) is 0 Å². The van der Waals surface area contributed by atoms with Crippen molar-refractivity contribution in [3.63, 3.8) is 0 Å². The predicted octanol–water partition coefficient (Wildman–Crippen LogP) is 3.98. The summed E-state index contributed by atoms with van der Waals surface area (Å²) < 4.78 is 17.9. The zero-order chi connectivity index (χ0) is 19.0. The molecule has 0 aliphatic carbocycles. The quantitative estimate of drug-likeness (QED) is 0.449. The van der Waals surface area contributed by atoms with E-state index in [1.54, 1.807) is 7.11 Å². The molecule has 0 radical (unpaired) electrons. The van der Waals surface area contributed by atoms with Crippen molar-refractivity contribution in [2.45, 2.75) is 18.9 Å². The average molecular weight is 433 g/mol. The first kappa shape index (κ1) is 18.1. The van der Waals surface area contributed by atoms with Crippen LogP contribution in [0.25, 0.3) is 0 Å². The van der Waals surface area contributed by atoms with Crippen LogP contribution in [0, 0.1) is 0 Å². The number of hydrogen-bond donors (Lipinski definition) is 1. The maximum absolute atomic E-state index is 9.68. The molecule has 2 aromatic rings. The number of hydrogen-bond acceptors (Lipinski definition) is 6. The van der Waals surface area contributed by atoms with Crippen molar-refractivity contribution in [3.8, 4) is 17.2 Å². The van der Waals surface area contributed by atoms with Gasteiger partial charge in [-0.15, -0.1) is 0 Å². The Morgan fingerprint density at radius 3 is 2.81 bits per heavy atom. The number of oxime groups is 1. The van der Waals surface area contributed by atoms with E-state index in [9.17, 15) is 5.21 Å². The van der Waals surface area contributed by atoms with Gasteiger partial charge in [-0.05, 0) is 42.8 Å². The van der Waals surface area contributed by atoms with E-state index in [1.165, 1.54) is 5.56 Å². The molecule has 2 aliphatic rings. The molecule has 0 fully saturated rings. The van der Waals surface area contributed by atoms with Crippen molar-refractivity contribution >= 4 is 21.6 Å². The van der Waals surface area contributed by atoms with Gasteiger partial charge in [0.15, 0.2) is 11.5 Å². The number of likely N-dealkylation sites (N-methyl/N-ethyl adjacent to an activating group) is 1. The summed E-state index contributed by atoms with van der Waals surface area (Å²) in [5.74, 6) is 2.10. The summed E-state index contributed by atoms with van der Waals surface area (Å²) in [6, 6.07) is 9.83. The molecule has 27 heavy (non-hydrogen) atoms. The summed E-state index contributed by atoms with van der Waals surface area (Å²) >= 11 is 3.44. The molecule has 0 aromatic heterocycles. The summed E-state index contributed by atoms with van der Waals surface area (Å²) in [5, 5.41) is 13.3. The Balaban J connectivity index is 1.75. The highest BCUT2D eigenvalue weighted by molar-refractivity contribution is 9.10. The number of halogens is 1. The van der Waals surface area contributed by atoms with Crippen LogP contribution < -0.4 is 14.2 Å². The lowest BCUT2D eigenvalue weighted by Crippen LogP contribution is -2.34. The third-order valence-corrected chi connectivity index (χ3v) is 5.76. The van der Waals surface area contributed by atoms with Crippen molar-refractivity contribution in [3.05, 3.63) is 51.5 Å². The van der Waals surface area contributed by atoms with Crippen molar-refractivity contribution in [1.82, 2.24) is 4.90 Å². The lowest BCUT2D eigenvalue weighted by atomic mass is 9.87. The molecule has 1 N–H and O–H groups in total. The van der Waals surface area contributed by atoms with Gasteiger partial charge in [-0.25, -0.2) is 0 Å². The minimum absolute atomic E-state index is 0.00717. The Kier molecular flexibility index (Phi) is 4.97. The molecular formula is C20H21BrN2O4. The smallest absolute Gasteiger partial charge is 0.231 e. The maximum atomic E-state index is 9.68. The van der Waals surface area contributed by atoms with Crippen LogP contribution in [0.5, 0.6) is 17.2 Å². The molecule has 142 valence electrons. The zero-order valence-corrected chi connectivity index (χ0v) is 16.8. The molecule has 6 nitrogen and oxygen atoms in total. The number of nitrogens with zero attached hydrogens (tertiary/aromatic N) is 2. The van der Waals surface area contributed by atoms with Crippen molar-refractivity contribution in [2.24, 2.45) is 5.16 Å². The second-order valence-corrected chi connectivity index (χ2v) is 7.64. The van der Waals surface area contributed by atoms with Crippen LogP contribution in [0.4, 0.5) is 0 Å². The lowest BCUT2D eigenvalue weighted by Gasteiger charge is -2.36. The molecule has 2 aliphatic heterocycles. The van der Waals surface area contributed by atoms with Crippen LogP contribution >= 0.6 is 15.9 Å². The predicted molar refractivity (Wildman–Crippen MR) is 105 cm³/mol. The van der Waals surface area contributed by atoms with Crippen LogP contribution in [0.2, 0.25) is 0 Å². The fraction of sp³-hybridized carbons (Fsp3) is 0.350. The first-order chi connectivity index (χ1) is 13.1. The van der Waals surface area contributed by atoms with Gasteiger partial charge in [0.25, 0.3) is 0 Å². The van der Waals surface area contributed by atoms with Gasteiger partial charge in [0, 0.05) is 29.0 Å². The van der Waals surface area contributed by atoms with Crippen molar-refractivity contribution < 1.29 is 19.4 Å². The number of ether oxygens (including phenoxy) is 3. The van der Waals surface area contributed by atoms with Crippen LogP contribution in [-0.2, 0) is 6.42 Å². The van der Waals surface area contributed by atoms with E-state index in [1.807, 2.05) is 24.3 Å². The molecule has 0 saturated heterocycles. The van der Waals surface area contributed by atoms with Crippen molar-refractivity contribution in [2.75, 3.05) is 27.5 Å². The summed E-state index contributed by atoms with van der Waals surface area (Å²) in [6.07, 6.45) is 1.46. The van der Waals surface area contributed by atoms with E-state index in [2.05, 4.69) is 39.1 Å². The van der Waals surface area contributed by atoms with E-state index in [0.29, 0.717) is 23.6 Å². The van der Waals surface area contributed by atoms with Crippen LogP contribution in [0.15, 0.2) is 40.0 Å². The molecule has 7 heteroatoms. The Morgan fingerprint density at radius 2 is 2.11 bits per heavy atom. The Bertz CT molecular complexity index is 883. The molecule has 1 unspecified atom stereocenters. The van der Waals surface area contributed by atoms with E-state index >= 15 is 0 Å². The van der Waals surface area contributed by atoms with Gasteiger partial charge in [-0.2, -0.15) is 0 Å². The van der Waals surface area contributed by atoms with E-state index in [4.69, 9.17) is 14.2 Å². The Hall–Kier alpha value is -2.25. The molecule has 2 heterocycles. The number of fused-ring (bicyclic) bond motifs is 2. The molecular weight excluding hydrogens is 412 g/mol. The Morgan fingerprint density at radius 1 is 1.33 bits per heavy atom. The standard InChI is InChI=1S/C20H21BrN2O4/c1-23-8-7-13-9-17-19(27-11-26-17)20(25-2)18(13)16(23)10-15(22-24)12-3-5-14(21)6-4-12/h3-6,9,16,24H,7-8,10-11H2,1-2H3/b22-15-. The van der Waals surface area contributed by atoms with Gasteiger partial charge in [-0.3, -0.25) is 4.90 Å². The second-order valence-electron chi connectivity index (χ2n) is 6.72. The van der Waals surface area contributed by atoms with Gasteiger partial charge in [0.05, 0.1) is 12.8 Å². The van der Waals surface area contributed by atoms with Gasteiger partial charge in [0.2, 0.25) is 12.5 Å². The van der Waals surface area contributed by atoms with E-state index in [0.717, 1.165) is 34.3 Å². The zero-order valence-electron chi connectivity index (χ0n) is 15.2. The molecule has 1 atom stereocenters.